The molecule has 88 valence electrons. The molecule has 1 aliphatic heterocycles. The number of fused-ring (bicyclic) bond motifs is 1. The highest BCUT2D eigenvalue weighted by Crippen LogP contribution is 2.24. The second-order valence-corrected chi connectivity index (χ2v) is 4.79. The summed E-state index contributed by atoms with van der Waals surface area (Å²) in [5.74, 6) is 0.654. The molecule has 1 aromatic carbocycles. The van der Waals surface area contributed by atoms with Gasteiger partial charge in [0.2, 0.25) is 0 Å². The third-order valence-electron chi connectivity index (χ3n) is 3.34. The van der Waals surface area contributed by atoms with Gasteiger partial charge in [0.1, 0.15) is 0 Å². The second kappa shape index (κ2) is 5.46. The molecule has 0 bridgehead atoms. The zero-order valence-corrected chi connectivity index (χ0v) is 10.4. The Bertz CT molecular complexity index is 335. The van der Waals surface area contributed by atoms with Crippen molar-refractivity contribution in [3.63, 3.8) is 0 Å². The predicted octanol–water partition coefficient (Wildman–Crippen LogP) is 2.22. The molecule has 2 heteroatoms. The van der Waals surface area contributed by atoms with E-state index in [0.717, 1.165) is 19.6 Å². The Morgan fingerprint density at radius 3 is 3.00 bits per heavy atom. The Labute approximate surface area is 98.7 Å². The quantitative estimate of drug-likeness (QED) is 0.833. The van der Waals surface area contributed by atoms with Gasteiger partial charge in [-0.1, -0.05) is 31.2 Å². The van der Waals surface area contributed by atoms with E-state index in [1.54, 1.807) is 5.56 Å². The summed E-state index contributed by atoms with van der Waals surface area (Å²) < 4.78 is 0. The molecule has 0 fully saturated rings. The van der Waals surface area contributed by atoms with Crippen molar-refractivity contribution in [3.8, 4) is 0 Å². The maximum absolute atomic E-state index is 3.51. The lowest BCUT2D eigenvalue weighted by atomic mass is 9.90. The Morgan fingerprint density at radius 1 is 1.38 bits per heavy atom. The lowest BCUT2D eigenvalue weighted by molar-refractivity contribution is 0.301. The van der Waals surface area contributed by atoms with E-state index in [0.29, 0.717) is 5.92 Å². The Hall–Kier alpha value is -0.860. The summed E-state index contributed by atoms with van der Waals surface area (Å²) in [6, 6.07) is 8.84. The van der Waals surface area contributed by atoms with Gasteiger partial charge >= 0.3 is 0 Å². The molecule has 2 rings (SSSR count). The summed E-state index contributed by atoms with van der Waals surface area (Å²) in [4.78, 5) is 2.44. The lowest BCUT2D eigenvalue weighted by Gasteiger charge is -2.29. The molecule has 0 aliphatic carbocycles. The van der Waals surface area contributed by atoms with E-state index in [-0.39, 0.29) is 0 Å². The fourth-order valence-electron chi connectivity index (χ4n) is 2.60. The van der Waals surface area contributed by atoms with Crippen LogP contribution < -0.4 is 5.32 Å². The maximum Gasteiger partial charge on any atom is 0.0208 e. The van der Waals surface area contributed by atoms with Crippen LogP contribution in [0.25, 0.3) is 0 Å². The van der Waals surface area contributed by atoms with Gasteiger partial charge in [0.05, 0.1) is 0 Å². The first-order valence-corrected chi connectivity index (χ1v) is 6.28. The first-order chi connectivity index (χ1) is 7.81. The van der Waals surface area contributed by atoms with Gasteiger partial charge in [-0.15, -0.1) is 0 Å². The average Bonchev–Trinajstić information content (AvgIpc) is 2.30. The zero-order valence-electron chi connectivity index (χ0n) is 10.4. The lowest BCUT2D eigenvalue weighted by Crippen LogP contribution is -2.35. The molecule has 1 aliphatic rings. The Balaban J connectivity index is 2.07. The fraction of sp³-hybridized carbons (Fsp3) is 0.571. The third kappa shape index (κ3) is 2.63. The van der Waals surface area contributed by atoms with Crippen LogP contribution in [0.1, 0.15) is 30.4 Å². The Morgan fingerprint density at radius 2 is 2.19 bits per heavy atom. The van der Waals surface area contributed by atoms with Crippen molar-refractivity contribution < 1.29 is 0 Å². The third-order valence-corrected chi connectivity index (χ3v) is 3.34. The van der Waals surface area contributed by atoms with Gasteiger partial charge in [-0.05, 0) is 31.1 Å². The van der Waals surface area contributed by atoms with Crippen molar-refractivity contribution in [2.75, 3.05) is 26.7 Å². The molecule has 0 radical (unpaired) electrons. The van der Waals surface area contributed by atoms with Crippen LogP contribution in [0.3, 0.4) is 0 Å². The number of nitrogens with zero attached hydrogens (tertiary/aromatic N) is 1. The first kappa shape index (κ1) is 11.6. The number of nitrogens with one attached hydrogen (secondary N) is 1. The molecule has 1 heterocycles. The predicted molar refractivity (Wildman–Crippen MR) is 68.7 cm³/mol. The van der Waals surface area contributed by atoms with Crippen molar-refractivity contribution >= 4 is 0 Å². The molecule has 0 saturated heterocycles. The molecule has 16 heavy (non-hydrogen) atoms. The van der Waals surface area contributed by atoms with E-state index in [9.17, 15) is 0 Å². The number of likely N-dealkylation sites (N-methyl/N-ethyl adjacent to an activating group) is 1. The van der Waals surface area contributed by atoms with Gasteiger partial charge in [0, 0.05) is 25.6 Å². The van der Waals surface area contributed by atoms with Gasteiger partial charge in [-0.3, -0.25) is 0 Å². The SMILES string of the molecule is CCCN(C)CC1CNCc2ccccc21. The van der Waals surface area contributed by atoms with E-state index in [4.69, 9.17) is 0 Å². The molecule has 0 spiro atoms. The molecule has 1 N–H and O–H groups in total. The summed E-state index contributed by atoms with van der Waals surface area (Å²) in [7, 11) is 2.22. The maximum atomic E-state index is 3.51. The molecule has 0 aromatic heterocycles. The van der Waals surface area contributed by atoms with Crippen LogP contribution in [0.15, 0.2) is 24.3 Å². The first-order valence-electron chi connectivity index (χ1n) is 6.28. The normalized spacial score (nSPS) is 19.8. The van der Waals surface area contributed by atoms with Crippen molar-refractivity contribution in [2.24, 2.45) is 0 Å². The van der Waals surface area contributed by atoms with Crippen LogP contribution >= 0.6 is 0 Å². The number of hydrogen-bond donors (Lipinski definition) is 1. The van der Waals surface area contributed by atoms with Gasteiger partial charge < -0.3 is 10.2 Å². The van der Waals surface area contributed by atoms with E-state index in [1.807, 2.05) is 0 Å². The molecular formula is C14H22N2. The molecular weight excluding hydrogens is 196 g/mol. The average molecular weight is 218 g/mol. The second-order valence-electron chi connectivity index (χ2n) is 4.79. The van der Waals surface area contributed by atoms with Gasteiger partial charge in [-0.2, -0.15) is 0 Å². The van der Waals surface area contributed by atoms with E-state index in [2.05, 4.69) is 48.5 Å². The highest BCUT2D eigenvalue weighted by molar-refractivity contribution is 5.32. The van der Waals surface area contributed by atoms with E-state index < -0.39 is 0 Å². The molecule has 0 amide bonds. The van der Waals surface area contributed by atoms with Crippen LogP contribution in [0.4, 0.5) is 0 Å². The smallest absolute Gasteiger partial charge is 0.0208 e. The van der Waals surface area contributed by atoms with Crippen molar-refractivity contribution in [2.45, 2.75) is 25.8 Å². The van der Waals surface area contributed by atoms with Crippen LogP contribution in [-0.4, -0.2) is 31.6 Å². The van der Waals surface area contributed by atoms with Crippen LogP contribution in [0, 0.1) is 0 Å². The van der Waals surface area contributed by atoms with Gasteiger partial charge in [-0.25, -0.2) is 0 Å². The van der Waals surface area contributed by atoms with Crippen LogP contribution in [0.5, 0.6) is 0 Å². The fourth-order valence-corrected chi connectivity index (χ4v) is 2.60. The summed E-state index contributed by atoms with van der Waals surface area (Å²) in [6.45, 7) is 6.75. The molecule has 0 saturated carbocycles. The monoisotopic (exact) mass is 218 g/mol. The summed E-state index contributed by atoms with van der Waals surface area (Å²) in [6.07, 6.45) is 1.23. The highest BCUT2D eigenvalue weighted by Gasteiger charge is 2.20. The van der Waals surface area contributed by atoms with Gasteiger partial charge in [0.15, 0.2) is 0 Å². The minimum Gasteiger partial charge on any atom is -0.312 e. The van der Waals surface area contributed by atoms with Crippen LogP contribution in [-0.2, 0) is 6.54 Å². The van der Waals surface area contributed by atoms with E-state index in [1.165, 1.54) is 18.5 Å². The van der Waals surface area contributed by atoms with Crippen LogP contribution in [0.2, 0.25) is 0 Å². The number of hydrogen-bond acceptors (Lipinski definition) is 2. The topological polar surface area (TPSA) is 15.3 Å². The minimum atomic E-state index is 0.654. The molecule has 2 nitrogen and oxygen atoms in total. The summed E-state index contributed by atoms with van der Waals surface area (Å²) in [5, 5.41) is 3.51. The standard InChI is InChI=1S/C14H22N2/c1-3-8-16(2)11-13-10-15-9-12-6-4-5-7-14(12)13/h4-7,13,15H,3,8-11H2,1-2H3. The Kier molecular flexibility index (Phi) is 3.97. The highest BCUT2D eigenvalue weighted by atomic mass is 15.1. The van der Waals surface area contributed by atoms with Crippen molar-refractivity contribution in [1.82, 2.24) is 10.2 Å². The zero-order chi connectivity index (χ0) is 11.4. The molecule has 1 atom stereocenters. The number of benzene rings is 1. The summed E-state index contributed by atoms with van der Waals surface area (Å²) >= 11 is 0. The largest absolute Gasteiger partial charge is 0.312 e. The van der Waals surface area contributed by atoms with Crippen molar-refractivity contribution in [1.29, 1.82) is 0 Å². The van der Waals surface area contributed by atoms with E-state index >= 15 is 0 Å². The summed E-state index contributed by atoms with van der Waals surface area (Å²) in [5.41, 5.74) is 3.02. The van der Waals surface area contributed by atoms with Crippen molar-refractivity contribution in [3.05, 3.63) is 35.4 Å². The number of rotatable bonds is 4. The molecule has 1 unspecified atom stereocenters. The minimum absolute atomic E-state index is 0.654. The van der Waals surface area contributed by atoms with Gasteiger partial charge in [0.25, 0.3) is 0 Å². The molecule has 1 aromatic rings.